The smallest absolute Gasteiger partial charge is 0.323 e. The summed E-state index contributed by atoms with van der Waals surface area (Å²) in [4.78, 5) is 38.9. The van der Waals surface area contributed by atoms with E-state index in [2.05, 4.69) is 41.6 Å². The van der Waals surface area contributed by atoms with Crippen LogP contribution in [-0.2, 0) is 9.59 Å². The lowest BCUT2D eigenvalue weighted by Crippen LogP contribution is -2.51. The maximum absolute atomic E-state index is 13.0. The molecule has 1 saturated heterocycles. The summed E-state index contributed by atoms with van der Waals surface area (Å²) in [5.41, 5.74) is -0.630. The van der Waals surface area contributed by atoms with E-state index in [0.717, 1.165) is 34.3 Å². The van der Waals surface area contributed by atoms with Gasteiger partial charge in [-0.2, -0.15) is 0 Å². The third-order valence-corrected chi connectivity index (χ3v) is 8.18. The standard InChI is InChI=1S/C19H29N5O3S2/c1-5-18(3,4)12-7-9-19(10-8-12)14(26)24(16(27)21-19)11-13(25)20-15-22-23-17(29-15)28-6-2/h12H,5-11H2,1-4H3,(H,21,27)(H,20,22,25). The van der Waals surface area contributed by atoms with E-state index in [-0.39, 0.29) is 17.9 Å². The Hall–Kier alpha value is -1.68. The zero-order valence-electron chi connectivity index (χ0n) is 17.4. The molecule has 0 radical (unpaired) electrons. The topological polar surface area (TPSA) is 104 Å². The van der Waals surface area contributed by atoms with E-state index in [1.807, 2.05) is 6.92 Å². The molecule has 29 heavy (non-hydrogen) atoms. The van der Waals surface area contributed by atoms with Crippen molar-refractivity contribution in [1.82, 2.24) is 20.4 Å². The number of carbonyl (C=O) groups is 3. The molecule has 10 heteroatoms. The Balaban J connectivity index is 1.60. The van der Waals surface area contributed by atoms with Crippen LogP contribution in [0.1, 0.15) is 59.8 Å². The van der Waals surface area contributed by atoms with Crippen LogP contribution in [0.5, 0.6) is 0 Å². The lowest BCUT2D eigenvalue weighted by Gasteiger charge is -2.42. The quantitative estimate of drug-likeness (QED) is 0.383. The molecule has 2 heterocycles. The highest BCUT2D eigenvalue weighted by Gasteiger charge is 2.53. The summed E-state index contributed by atoms with van der Waals surface area (Å²) in [6.45, 7) is 8.41. The normalized spacial score (nSPS) is 24.8. The van der Waals surface area contributed by atoms with Crippen LogP contribution in [0.25, 0.3) is 0 Å². The summed E-state index contributed by atoms with van der Waals surface area (Å²) in [6, 6.07) is -0.488. The minimum absolute atomic E-state index is 0.226. The summed E-state index contributed by atoms with van der Waals surface area (Å²) in [7, 11) is 0. The second kappa shape index (κ2) is 8.59. The van der Waals surface area contributed by atoms with Crippen LogP contribution < -0.4 is 10.6 Å². The molecule has 2 N–H and O–H groups in total. The Morgan fingerprint density at radius 3 is 2.62 bits per heavy atom. The first-order chi connectivity index (χ1) is 13.7. The van der Waals surface area contributed by atoms with Crippen molar-refractivity contribution < 1.29 is 14.4 Å². The fraction of sp³-hybridized carbons (Fsp3) is 0.737. The number of imide groups is 1. The van der Waals surface area contributed by atoms with Crippen LogP contribution in [0.3, 0.4) is 0 Å². The molecule has 1 spiro atoms. The average molecular weight is 440 g/mol. The van der Waals surface area contributed by atoms with Crippen molar-refractivity contribution in [1.29, 1.82) is 0 Å². The summed E-state index contributed by atoms with van der Waals surface area (Å²) in [5, 5.41) is 13.8. The molecule has 1 aliphatic heterocycles. The summed E-state index contributed by atoms with van der Waals surface area (Å²) in [5.74, 6) is 0.664. The van der Waals surface area contributed by atoms with Crippen LogP contribution in [0, 0.1) is 11.3 Å². The van der Waals surface area contributed by atoms with Gasteiger partial charge < -0.3 is 5.32 Å². The fourth-order valence-electron chi connectivity index (χ4n) is 4.08. The van der Waals surface area contributed by atoms with Gasteiger partial charge in [0, 0.05) is 0 Å². The van der Waals surface area contributed by atoms with Gasteiger partial charge in [-0.1, -0.05) is 57.2 Å². The minimum atomic E-state index is -0.856. The SMILES string of the molecule is CCSc1nnc(NC(=O)CN2C(=O)NC3(CCC(C(C)(C)CC)CC3)C2=O)s1. The predicted octanol–water partition coefficient (Wildman–Crippen LogP) is 3.51. The zero-order chi connectivity index (χ0) is 21.2. The monoisotopic (exact) mass is 439 g/mol. The lowest BCUT2D eigenvalue weighted by atomic mass is 9.65. The maximum atomic E-state index is 13.0. The van der Waals surface area contributed by atoms with Gasteiger partial charge in [0.25, 0.3) is 5.91 Å². The molecule has 1 aromatic heterocycles. The maximum Gasteiger partial charge on any atom is 0.325 e. The molecular formula is C19H29N5O3S2. The van der Waals surface area contributed by atoms with E-state index in [9.17, 15) is 14.4 Å². The van der Waals surface area contributed by atoms with Gasteiger partial charge in [-0.25, -0.2) is 4.79 Å². The van der Waals surface area contributed by atoms with Gasteiger partial charge in [0.2, 0.25) is 11.0 Å². The average Bonchev–Trinajstić information content (AvgIpc) is 3.20. The van der Waals surface area contributed by atoms with E-state index in [1.165, 1.54) is 23.1 Å². The lowest BCUT2D eigenvalue weighted by molar-refractivity contribution is -0.135. The second-order valence-corrected chi connectivity index (χ2v) is 10.9. The molecule has 0 atom stereocenters. The molecular weight excluding hydrogens is 410 g/mol. The van der Waals surface area contributed by atoms with Crippen LogP contribution in [0.4, 0.5) is 9.93 Å². The number of hydrogen-bond acceptors (Lipinski definition) is 7. The third kappa shape index (κ3) is 4.58. The number of nitrogens with zero attached hydrogens (tertiary/aromatic N) is 3. The first-order valence-electron chi connectivity index (χ1n) is 10.1. The summed E-state index contributed by atoms with van der Waals surface area (Å²) < 4.78 is 0.767. The number of rotatable bonds is 7. The molecule has 8 nitrogen and oxygen atoms in total. The first kappa shape index (κ1) is 22.0. The Kier molecular flexibility index (Phi) is 6.52. The number of aromatic nitrogens is 2. The molecule has 160 valence electrons. The predicted molar refractivity (Wildman–Crippen MR) is 114 cm³/mol. The Morgan fingerprint density at radius 1 is 1.31 bits per heavy atom. The number of hydrogen-bond donors (Lipinski definition) is 2. The van der Waals surface area contributed by atoms with E-state index in [0.29, 0.717) is 23.9 Å². The minimum Gasteiger partial charge on any atom is -0.323 e. The molecule has 1 aliphatic carbocycles. The van der Waals surface area contributed by atoms with Crippen molar-refractivity contribution in [2.75, 3.05) is 17.6 Å². The molecule has 2 fully saturated rings. The van der Waals surface area contributed by atoms with Crippen LogP contribution >= 0.6 is 23.1 Å². The van der Waals surface area contributed by atoms with Crippen LogP contribution in [-0.4, -0.2) is 50.8 Å². The highest BCUT2D eigenvalue weighted by molar-refractivity contribution is 8.01. The molecule has 1 aromatic rings. The Bertz CT molecular complexity index is 787. The van der Waals surface area contributed by atoms with E-state index in [4.69, 9.17) is 0 Å². The van der Waals surface area contributed by atoms with Gasteiger partial charge in [0.1, 0.15) is 12.1 Å². The van der Waals surface area contributed by atoms with Gasteiger partial charge in [-0.05, 0) is 42.8 Å². The van der Waals surface area contributed by atoms with Gasteiger partial charge >= 0.3 is 6.03 Å². The Morgan fingerprint density at radius 2 is 2.00 bits per heavy atom. The summed E-state index contributed by atoms with van der Waals surface area (Å²) >= 11 is 2.82. The molecule has 4 amide bonds. The van der Waals surface area contributed by atoms with Crippen molar-refractivity contribution in [2.45, 2.75) is 69.7 Å². The van der Waals surface area contributed by atoms with Gasteiger partial charge in [0.15, 0.2) is 4.34 Å². The molecule has 1 saturated carbocycles. The number of carbonyl (C=O) groups excluding carboxylic acids is 3. The number of amides is 4. The van der Waals surface area contributed by atoms with E-state index in [1.54, 1.807) is 0 Å². The van der Waals surface area contributed by atoms with Gasteiger partial charge in [0.05, 0.1) is 0 Å². The molecule has 2 aliphatic rings. The van der Waals surface area contributed by atoms with Crippen molar-refractivity contribution in [2.24, 2.45) is 11.3 Å². The van der Waals surface area contributed by atoms with E-state index >= 15 is 0 Å². The first-order valence-corrected chi connectivity index (χ1v) is 11.9. The second-order valence-electron chi connectivity index (χ2n) is 8.37. The van der Waals surface area contributed by atoms with Crippen LogP contribution in [0.15, 0.2) is 4.34 Å². The zero-order valence-corrected chi connectivity index (χ0v) is 19.0. The number of thioether (sulfide) groups is 1. The fourth-order valence-corrected chi connectivity index (χ4v) is 5.75. The van der Waals surface area contributed by atoms with Crippen molar-refractivity contribution >= 4 is 46.1 Å². The number of anilines is 1. The summed E-state index contributed by atoms with van der Waals surface area (Å²) in [6.07, 6.45) is 4.13. The van der Waals surface area contributed by atoms with Gasteiger partial charge in [-0.3, -0.25) is 19.8 Å². The molecule has 0 unspecified atom stereocenters. The van der Waals surface area contributed by atoms with Crippen molar-refractivity contribution in [3.63, 3.8) is 0 Å². The largest absolute Gasteiger partial charge is 0.325 e. The van der Waals surface area contributed by atoms with Crippen molar-refractivity contribution in [3.05, 3.63) is 0 Å². The number of urea groups is 1. The highest BCUT2D eigenvalue weighted by Crippen LogP contribution is 2.45. The molecule has 0 bridgehead atoms. The van der Waals surface area contributed by atoms with Crippen molar-refractivity contribution in [3.8, 4) is 0 Å². The molecule has 0 aromatic carbocycles. The Labute approximate surface area is 179 Å². The van der Waals surface area contributed by atoms with E-state index < -0.39 is 17.5 Å². The third-order valence-electron chi connectivity index (χ3n) is 6.32. The highest BCUT2D eigenvalue weighted by atomic mass is 32.2. The number of nitrogens with one attached hydrogen (secondary N) is 2. The van der Waals surface area contributed by atoms with Crippen LogP contribution in [0.2, 0.25) is 0 Å². The molecule has 3 rings (SSSR count). The van der Waals surface area contributed by atoms with Gasteiger partial charge in [-0.15, -0.1) is 10.2 Å².